The van der Waals surface area contributed by atoms with Gasteiger partial charge in [0.25, 0.3) is 0 Å². The molecule has 5 heteroatoms. The SMILES string of the molecule is Cl.O=C(C[C@H]1OC[C@H]2CNCC[C@H]21)NC1CCC1. The number of hydrogen-bond donors (Lipinski definition) is 2. The average molecular weight is 275 g/mol. The van der Waals surface area contributed by atoms with Crippen molar-refractivity contribution < 1.29 is 9.53 Å². The zero-order chi connectivity index (χ0) is 11.7. The summed E-state index contributed by atoms with van der Waals surface area (Å²) in [5.74, 6) is 1.42. The average Bonchev–Trinajstić information content (AvgIpc) is 2.68. The van der Waals surface area contributed by atoms with Gasteiger partial charge < -0.3 is 15.4 Å². The zero-order valence-electron chi connectivity index (χ0n) is 10.7. The molecule has 0 spiro atoms. The lowest BCUT2D eigenvalue weighted by Crippen LogP contribution is -2.42. The van der Waals surface area contributed by atoms with Crippen LogP contribution in [0.4, 0.5) is 0 Å². The van der Waals surface area contributed by atoms with Gasteiger partial charge in [-0.15, -0.1) is 12.4 Å². The van der Waals surface area contributed by atoms with Gasteiger partial charge in [-0.2, -0.15) is 0 Å². The first-order valence-electron chi connectivity index (χ1n) is 6.94. The molecule has 2 aliphatic heterocycles. The van der Waals surface area contributed by atoms with E-state index in [1.807, 2.05) is 0 Å². The number of halogens is 1. The molecule has 3 aliphatic rings. The van der Waals surface area contributed by atoms with Gasteiger partial charge in [-0.05, 0) is 38.1 Å². The van der Waals surface area contributed by atoms with Crippen LogP contribution in [0.1, 0.15) is 32.1 Å². The lowest BCUT2D eigenvalue weighted by molar-refractivity contribution is -0.125. The molecule has 18 heavy (non-hydrogen) atoms. The van der Waals surface area contributed by atoms with Gasteiger partial charge in [-0.3, -0.25) is 4.79 Å². The minimum Gasteiger partial charge on any atom is -0.377 e. The summed E-state index contributed by atoms with van der Waals surface area (Å²) in [5, 5.41) is 6.50. The fourth-order valence-electron chi connectivity index (χ4n) is 3.22. The monoisotopic (exact) mass is 274 g/mol. The van der Waals surface area contributed by atoms with Crippen molar-refractivity contribution in [1.29, 1.82) is 0 Å². The first kappa shape index (κ1) is 14.1. The van der Waals surface area contributed by atoms with E-state index in [2.05, 4.69) is 10.6 Å². The maximum Gasteiger partial charge on any atom is 0.222 e. The third-order valence-electron chi connectivity index (χ3n) is 4.53. The molecule has 0 aromatic carbocycles. The van der Waals surface area contributed by atoms with Crippen LogP contribution in [0.5, 0.6) is 0 Å². The summed E-state index contributed by atoms with van der Waals surface area (Å²) >= 11 is 0. The van der Waals surface area contributed by atoms with E-state index in [-0.39, 0.29) is 24.4 Å². The van der Waals surface area contributed by atoms with Crippen molar-refractivity contribution in [3.05, 3.63) is 0 Å². The summed E-state index contributed by atoms with van der Waals surface area (Å²) in [5.41, 5.74) is 0. The smallest absolute Gasteiger partial charge is 0.222 e. The number of amides is 1. The summed E-state index contributed by atoms with van der Waals surface area (Å²) in [6.45, 7) is 2.97. The normalized spacial score (nSPS) is 35.2. The lowest BCUT2D eigenvalue weighted by Gasteiger charge is -2.29. The summed E-state index contributed by atoms with van der Waals surface area (Å²) in [6.07, 6.45) is 5.48. The fourth-order valence-corrected chi connectivity index (χ4v) is 3.22. The largest absolute Gasteiger partial charge is 0.377 e. The van der Waals surface area contributed by atoms with Gasteiger partial charge in [0, 0.05) is 18.5 Å². The number of carbonyl (C=O) groups excluding carboxylic acids is 1. The molecule has 0 radical (unpaired) electrons. The van der Waals surface area contributed by atoms with Crippen LogP contribution >= 0.6 is 12.4 Å². The molecule has 1 saturated carbocycles. The Kier molecular flexibility index (Phi) is 4.87. The number of rotatable bonds is 3. The Hall–Kier alpha value is -0.320. The number of fused-ring (bicyclic) bond motifs is 1. The van der Waals surface area contributed by atoms with Crippen LogP contribution in [0.25, 0.3) is 0 Å². The predicted octanol–water partition coefficient (Wildman–Crippen LogP) is 1.09. The van der Waals surface area contributed by atoms with Crippen molar-refractivity contribution in [3.63, 3.8) is 0 Å². The third kappa shape index (κ3) is 2.98. The Morgan fingerprint density at radius 1 is 1.33 bits per heavy atom. The predicted molar refractivity (Wildman–Crippen MR) is 71.9 cm³/mol. The Labute approximate surface area is 115 Å². The number of nitrogens with one attached hydrogen (secondary N) is 2. The molecule has 2 heterocycles. The Morgan fingerprint density at radius 2 is 2.17 bits per heavy atom. The molecular formula is C13H23ClN2O2. The van der Waals surface area contributed by atoms with Gasteiger partial charge in [0.05, 0.1) is 19.1 Å². The van der Waals surface area contributed by atoms with Gasteiger partial charge in [-0.25, -0.2) is 0 Å². The summed E-state index contributed by atoms with van der Waals surface area (Å²) < 4.78 is 5.80. The first-order valence-corrected chi connectivity index (χ1v) is 6.94. The Bertz CT molecular complexity index is 297. The molecule has 3 atom stereocenters. The highest BCUT2D eigenvalue weighted by Gasteiger charge is 2.39. The van der Waals surface area contributed by atoms with E-state index in [1.54, 1.807) is 0 Å². The number of carbonyl (C=O) groups is 1. The summed E-state index contributed by atoms with van der Waals surface area (Å²) in [4.78, 5) is 11.9. The minimum absolute atomic E-state index is 0. The molecule has 2 N–H and O–H groups in total. The molecule has 1 amide bonds. The lowest BCUT2D eigenvalue weighted by atomic mass is 9.84. The molecule has 0 aromatic heterocycles. The van der Waals surface area contributed by atoms with Crippen LogP contribution in [-0.4, -0.2) is 37.7 Å². The van der Waals surface area contributed by atoms with Crippen LogP contribution in [0.3, 0.4) is 0 Å². The van der Waals surface area contributed by atoms with Crippen LogP contribution in [0.2, 0.25) is 0 Å². The standard InChI is InChI=1S/C13H22N2O2.ClH/c16-13(15-10-2-1-3-10)6-12-11-4-5-14-7-9(11)8-17-12;/h9-12,14H,1-8H2,(H,15,16);1H/t9-,11-,12-;/m1./s1. The van der Waals surface area contributed by atoms with Crippen LogP contribution < -0.4 is 10.6 Å². The van der Waals surface area contributed by atoms with E-state index < -0.39 is 0 Å². The second-order valence-electron chi connectivity index (χ2n) is 5.69. The van der Waals surface area contributed by atoms with E-state index in [9.17, 15) is 4.79 Å². The maximum absolute atomic E-state index is 11.9. The fraction of sp³-hybridized carbons (Fsp3) is 0.923. The van der Waals surface area contributed by atoms with Gasteiger partial charge in [0.15, 0.2) is 0 Å². The maximum atomic E-state index is 11.9. The van der Waals surface area contributed by atoms with Crippen LogP contribution in [0, 0.1) is 11.8 Å². The van der Waals surface area contributed by atoms with Gasteiger partial charge in [-0.1, -0.05) is 0 Å². The van der Waals surface area contributed by atoms with E-state index in [0.29, 0.717) is 24.3 Å². The molecule has 104 valence electrons. The Morgan fingerprint density at radius 3 is 2.89 bits per heavy atom. The quantitative estimate of drug-likeness (QED) is 0.810. The van der Waals surface area contributed by atoms with E-state index in [1.165, 1.54) is 6.42 Å². The zero-order valence-corrected chi connectivity index (χ0v) is 11.5. The minimum atomic E-state index is 0. The van der Waals surface area contributed by atoms with Crippen LogP contribution in [-0.2, 0) is 9.53 Å². The highest BCUT2D eigenvalue weighted by atomic mass is 35.5. The molecule has 0 aromatic rings. The number of ether oxygens (including phenoxy) is 1. The van der Waals surface area contributed by atoms with Crippen molar-refractivity contribution in [1.82, 2.24) is 10.6 Å². The third-order valence-corrected chi connectivity index (χ3v) is 4.53. The van der Waals surface area contributed by atoms with E-state index >= 15 is 0 Å². The molecule has 3 rings (SSSR count). The van der Waals surface area contributed by atoms with E-state index in [0.717, 1.165) is 39.0 Å². The summed E-state index contributed by atoms with van der Waals surface area (Å²) in [6, 6.07) is 0.452. The van der Waals surface area contributed by atoms with Gasteiger partial charge in [0.1, 0.15) is 0 Å². The topological polar surface area (TPSA) is 50.4 Å². The van der Waals surface area contributed by atoms with Gasteiger partial charge in [0.2, 0.25) is 5.91 Å². The second kappa shape index (κ2) is 6.22. The van der Waals surface area contributed by atoms with E-state index in [4.69, 9.17) is 4.74 Å². The molecule has 4 nitrogen and oxygen atoms in total. The van der Waals surface area contributed by atoms with Crippen LogP contribution in [0.15, 0.2) is 0 Å². The molecule has 3 fully saturated rings. The summed E-state index contributed by atoms with van der Waals surface area (Å²) in [7, 11) is 0. The molecular weight excluding hydrogens is 252 g/mol. The Balaban J connectivity index is 0.00000120. The molecule has 0 unspecified atom stereocenters. The molecule has 0 bridgehead atoms. The number of hydrogen-bond acceptors (Lipinski definition) is 3. The first-order chi connectivity index (χ1) is 8.33. The molecule has 1 aliphatic carbocycles. The number of piperidine rings is 1. The molecule has 2 saturated heterocycles. The van der Waals surface area contributed by atoms with Crippen molar-refractivity contribution in [3.8, 4) is 0 Å². The van der Waals surface area contributed by atoms with Crippen molar-refractivity contribution in [2.24, 2.45) is 11.8 Å². The van der Waals surface area contributed by atoms with Gasteiger partial charge >= 0.3 is 0 Å². The van der Waals surface area contributed by atoms with Crippen molar-refractivity contribution >= 4 is 18.3 Å². The second-order valence-corrected chi connectivity index (χ2v) is 5.69. The van der Waals surface area contributed by atoms with Crippen molar-refractivity contribution in [2.45, 2.75) is 44.2 Å². The highest BCUT2D eigenvalue weighted by molar-refractivity contribution is 5.85. The van der Waals surface area contributed by atoms with Crippen molar-refractivity contribution in [2.75, 3.05) is 19.7 Å². The highest BCUT2D eigenvalue weighted by Crippen LogP contribution is 2.33.